The maximum atomic E-state index is 5.62. The third-order valence-electron chi connectivity index (χ3n) is 1.25. The quantitative estimate of drug-likeness (QED) is 0.712. The zero-order chi connectivity index (χ0) is 8.10. The van der Waals surface area contributed by atoms with Crippen LogP contribution in [-0.2, 0) is 5.88 Å². The Morgan fingerprint density at radius 2 is 2.33 bits per heavy atom. The van der Waals surface area contributed by atoms with Gasteiger partial charge in [-0.25, -0.2) is 4.98 Å². The molecule has 1 aromatic rings. The van der Waals surface area contributed by atoms with Crippen molar-refractivity contribution in [2.24, 2.45) is 0 Å². The first kappa shape index (κ1) is 11.5. The normalized spacial score (nSPS) is 8.83. The molecule has 4 heteroatoms. The van der Waals surface area contributed by atoms with E-state index in [1.807, 2.05) is 19.1 Å². The molecule has 0 aromatic carbocycles. The van der Waals surface area contributed by atoms with Gasteiger partial charge in [0, 0.05) is 18.1 Å². The number of hydrogen-bond donors (Lipinski definition) is 0. The number of halogens is 2. The number of alkyl halides is 1. The van der Waals surface area contributed by atoms with E-state index in [4.69, 9.17) is 16.3 Å². The second-order valence-corrected chi connectivity index (χ2v) is 2.34. The van der Waals surface area contributed by atoms with E-state index in [9.17, 15) is 0 Å². The highest BCUT2D eigenvalue weighted by molar-refractivity contribution is 6.17. The van der Waals surface area contributed by atoms with Gasteiger partial charge in [-0.1, -0.05) is 0 Å². The minimum Gasteiger partial charge on any atom is -0.478 e. The first-order valence-electron chi connectivity index (χ1n) is 3.50. The van der Waals surface area contributed by atoms with Crippen LogP contribution >= 0.6 is 24.0 Å². The van der Waals surface area contributed by atoms with Crippen LogP contribution in [0.3, 0.4) is 0 Å². The molecule has 0 atom stereocenters. The molecule has 0 bridgehead atoms. The molecule has 2 nitrogen and oxygen atoms in total. The number of aromatic nitrogens is 1. The number of rotatable bonds is 3. The van der Waals surface area contributed by atoms with Crippen molar-refractivity contribution in [3.8, 4) is 5.88 Å². The molecular formula is C8H11Cl2NO. The zero-order valence-electron chi connectivity index (χ0n) is 6.79. The molecule has 12 heavy (non-hydrogen) atoms. The molecule has 0 N–H and O–H groups in total. The lowest BCUT2D eigenvalue weighted by atomic mass is 10.3. The van der Waals surface area contributed by atoms with Gasteiger partial charge in [0.2, 0.25) is 5.88 Å². The number of ether oxygens (including phenoxy) is 1. The van der Waals surface area contributed by atoms with Gasteiger partial charge in [-0.3, -0.25) is 0 Å². The standard InChI is InChI=1S/C8H10ClNO.ClH/c1-2-11-8-5-7(6-9)3-4-10-8;/h3-5H,2,6H2,1H3;1H. The lowest BCUT2D eigenvalue weighted by molar-refractivity contribution is 0.326. The molecule has 0 saturated carbocycles. The predicted octanol–water partition coefficient (Wildman–Crippen LogP) is 2.64. The van der Waals surface area contributed by atoms with Gasteiger partial charge in [0.25, 0.3) is 0 Å². The van der Waals surface area contributed by atoms with Crippen molar-refractivity contribution in [2.45, 2.75) is 12.8 Å². The van der Waals surface area contributed by atoms with Crippen molar-refractivity contribution >= 4 is 24.0 Å². The minimum absolute atomic E-state index is 0. The smallest absolute Gasteiger partial charge is 0.213 e. The maximum Gasteiger partial charge on any atom is 0.213 e. The van der Waals surface area contributed by atoms with E-state index >= 15 is 0 Å². The average molecular weight is 208 g/mol. The Balaban J connectivity index is 0.00000121. The van der Waals surface area contributed by atoms with Gasteiger partial charge in [0.1, 0.15) is 0 Å². The molecule has 0 saturated heterocycles. The van der Waals surface area contributed by atoms with Crippen LogP contribution in [0.2, 0.25) is 0 Å². The fraction of sp³-hybridized carbons (Fsp3) is 0.375. The lowest BCUT2D eigenvalue weighted by Crippen LogP contribution is -1.94. The van der Waals surface area contributed by atoms with Crippen LogP contribution in [0.1, 0.15) is 12.5 Å². The highest BCUT2D eigenvalue weighted by atomic mass is 35.5. The van der Waals surface area contributed by atoms with Crippen molar-refractivity contribution in [1.29, 1.82) is 0 Å². The van der Waals surface area contributed by atoms with E-state index in [0.29, 0.717) is 18.4 Å². The lowest BCUT2D eigenvalue weighted by Gasteiger charge is -2.01. The van der Waals surface area contributed by atoms with E-state index in [1.165, 1.54) is 0 Å². The summed E-state index contributed by atoms with van der Waals surface area (Å²) >= 11 is 5.62. The summed E-state index contributed by atoms with van der Waals surface area (Å²) in [5.74, 6) is 1.15. The van der Waals surface area contributed by atoms with Crippen molar-refractivity contribution in [3.63, 3.8) is 0 Å². The summed E-state index contributed by atoms with van der Waals surface area (Å²) in [5, 5.41) is 0. The molecule has 1 heterocycles. The summed E-state index contributed by atoms with van der Waals surface area (Å²) in [6, 6.07) is 3.71. The summed E-state index contributed by atoms with van der Waals surface area (Å²) in [6.45, 7) is 2.56. The summed E-state index contributed by atoms with van der Waals surface area (Å²) in [5.41, 5.74) is 1.03. The first-order chi connectivity index (χ1) is 5.36. The third kappa shape index (κ3) is 3.28. The molecule has 0 aliphatic carbocycles. The number of nitrogens with zero attached hydrogens (tertiary/aromatic N) is 1. The van der Waals surface area contributed by atoms with Crippen molar-refractivity contribution in [1.82, 2.24) is 4.98 Å². The van der Waals surface area contributed by atoms with Crippen LogP contribution in [0.25, 0.3) is 0 Å². The average Bonchev–Trinajstić information content (AvgIpc) is 2.06. The van der Waals surface area contributed by atoms with Crippen molar-refractivity contribution < 1.29 is 4.74 Å². The zero-order valence-corrected chi connectivity index (χ0v) is 8.36. The fourth-order valence-electron chi connectivity index (χ4n) is 0.760. The summed E-state index contributed by atoms with van der Waals surface area (Å²) in [6.07, 6.45) is 1.70. The van der Waals surface area contributed by atoms with E-state index in [1.54, 1.807) is 6.20 Å². The van der Waals surface area contributed by atoms with Crippen molar-refractivity contribution in [3.05, 3.63) is 23.9 Å². The molecule has 0 fully saturated rings. The number of pyridine rings is 1. The van der Waals surface area contributed by atoms with E-state index in [-0.39, 0.29) is 12.4 Å². The van der Waals surface area contributed by atoms with Crippen molar-refractivity contribution in [2.75, 3.05) is 6.61 Å². The molecular weight excluding hydrogens is 197 g/mol. The van der Waals surface area contributed by atoms with Crippen LogP contribution in [0.5, 0.6) is 5.88 Å². The summed E-state index contributed by atoms with van der Waals surface area (Å²) in [7, 11) is 0. The molecule has 68 valence electrons. The minimum atomic E-state index is 0. The Labute approximate surface area is 83.3 Å². The van der Waals surface area contributed by atoms with E-state index in [2.05, 4.69) is 4.98 Å². The Bertz CT molecular complexity index is 230. The Morgan fingerprint density at radius 1 is 1.58 bits per heavy atom. The van der Waals surface area contributed by atoms with Gasteiger partial charge in [-0.05, 0) is 18.6 Å². The Kier molecular flexibility index (Phi) is 5.85. The van der Waals surface area contributed by atoms with Gasteiger partial charge in [0.05, 0.1) is 6.61 Å². The van der Waals surface area contributed by atoms with Crippen LogP contribution in [0.15, 0.2) is 18.3 Å². The fourth-order valence-corrected chi connectivity index (χ4v) is 0.927. The first-order valence-corrected chi connectivity index (χ1v) is 4.04. The molecule has 0 spiro atoms. The SMILES string of the molecule is CCOc1cc(CCl)ccn1.Cl. The second-order valence-electron chi connectivity index (χ2n) is 2.07. The number of hydrogen-bond acceptors (Lipinski definition) is 2. The molecule has 0 amide bonds. The van der Waals surface area contributed by atoms with E-state index in [0.717, 1.165) is 5.56 Å². The molecule has 0 radical (unpaired) electrons. The second kappa shape index (κ2) is 6.09. The van der Waals surface area contributed by atoms with Gasteiger partial charge in [-0.2, -0.15) is 0 Å². The molecule has 0 aliphatic rings. The molecule has 0 aliphatic heterocycles. The molecule has 1 rings (SSSR count). The monoisotopic (exact) mass is 207 g/mol. The van der Waals surface area contributed by atoms with Gasteiger partial charge in [-0.15, -0.1) is 24.0 Å². The van der Waals surface area contributed by atoms with Crippen LogP contribution in [0, 0.1) is 0 Å². The maximum absolute atomic E-state index is 5.62. The summed E-state index contributed by atoms with van der Waals surface area (Å²) < 4.78 is 5.18. The topological polar surface area (TPSA) is 22.1 Å². The summed E-state index contributed by atoms with van der Waals surface area (Å²) in [4.78, 5) is 4.00. The molecule has 0 unspecified atom stereocenters. The van der Waals surface area contributed by atoms with E-state index < -0.39 is 0 Å². The highest BCUT2D eigenvalue weighted by Gasteiger charge is 1.94. The van der Waals surface area contributed by atoms with Crippen LogP contribution in [-0.4, -0.2) is 11.6 Å². The van der Waals surface area contributed by atoms with Crippen LogP contribution in [0.4, 0.5) is 0 Å². The predicted molar refractivity (Wildman–Crippen MR) is 52.2 cm³/mol. The Hall–Kier alpha value is -0.470. The highest BCUT2D eigenvalue weighted by Crippen LogP contribution is 2.10. The Morgan fingerprint density at radius 3 is 2.92 bits per heavy atom. The van der Waals surface area contributed by atoms with Crippen LogP contribution < -0.4 is 4.74 Å². The molecule has 1 aromatic heterocycles. The largest absolute Gasteiger partial charge is 0.478 e. The van der Waals surface area contributed by atoms with Gasteiger partial charge >= 0.3 is 0 Å². The van der Waals surface area contributed by atoms with Gasteiger partial charge < -0.3 is 4.74 Å². The third-order valence-corrected chi connectivity index (χ3v) is 1.55. The van der Waals surface area contributed by atoms with Gasteiger partial charge in [0.15, 0.2) is 0 Å².